The molecular formula is C78H112N8O15S2. The first-order valence-corrected chi connectivity index (χ1v) is 41.1. The lowest BCUT2D eigenvalue weighted by atomic mass is 9.75. The Labute approximate surface area is 608 Å². The molecule has 3 aromatic heterocycles. The van der Waals surface area contributed by atoms with Crippen LogP contribution in [0.1, 0.15) is 182 Å². The predicted molar refractivity (Wildman–Crippen MR) is 400 cm³/mol. The molecule has 3 aliphatic carbocycles. The van der Waals surface area contributed by atoms with E-state index in [0.717, 1.165) is 161 Å². The van der Waals surface area contributed by atoms with Crippen molar-refractivity contribution in [3.05, 3.63) is 104 Å². The van der Waals surface area contributed by atoms with Crippen molar-refractivity contribution in [1.29, 1.82) is 0 Å². The number of carbonyl (C=O) groups is 5. The van der Waals surface area contributed by atoms with Gasteiger partial charge in [-0.2, -0.15) is 0 Å². The molecule has 6 heterocycles. The van der Waals surface area contributed by atoms with E-state index >= 15 is 0 Å². The third-order valence-electron chi connectivity index (χ3n) is 22.5. The summed E-state index contributed by atoms with van der Waals surface area (Å²) in [5, 5.41) is 32.6. The molecule has 5 atom stereocenters. The number of amides is 5. The lowest BCUT2D eigenvalue weighted by Crippen LogP contribution is -2.41. The van der Waals surface area contributed by atoms with Crippen LogP contribution >= 0.6 is 0 Å². The molecule has 25 heteroatoms. The summed E-state index contributed by atoms with van der Waals surface area (Å²) in [6, 6.07) is 12.9. The van der Waals surface area contributed by atoms with Gasteiger partial charge in [-0.05, 0) is 250 Å². The van der Waals surface area contributed by atoms with Crippen LogP contribution in [0.15, 0.2) is 42.5 Å². The highest BCUT2D eigenvalue weighted by Crippen LogP contribution is 2.45. The normalized spacial score (nSPS) is 19.6. The van der Waals surface area contributed by atoms with Crippen molar-refractivity contribution in [3.63, 3.8) is 0 Å². The first-order chi connectivity index (χ1) is 49.4. The van der Waals surface area contributed by atoms with E-state index in [1.165, 1.54) is 55.9 Å². The minimum atomic E-state index is -3.54. The van der Waals surface area contributed by atoms with Gasteiger partial charge in [0.25, 0.3) is 17.7 Å². The van der Waals surface area contributed by atoms with Crippen molar-refractivity contribution in [3.8, 4) is 0 Å². The van der Waals surface area contributed by atoms with E-state index in [2.05, 4.69) is 45.9 Å². The molecule has 12 rings (SSSR count). The largest absolute Gasteiger partial charge is 0.392 e. The molecule has 6 aromatic rings. The Morgan fingerprint density at radius 3 is 1.49 bits per heavy atom. The number of aliphatic hydroxyl groups excluding tert-OH is 2. The van der Waals surface area contributed by atoms with Crippen molar-refractivity contribution in [2.75, 3.05) is 104 Å². The number of rotatable bonds is 24. The molecule has 23 nitrogen and oxygen atoms in total. The van der Waals surface area contributed by atoms with Gasteiger partial charge >= 0.3 is 0 Å². The molecule has 0 bridgehead atoms. The summed E-state index contributed by atoms with van der Waals surface area (Å²) in [6.07, 6.45) is 15.1. The molecule has 3 fully saturated rings. The van der Waals surface area contributed by atoms with Crippen molar-refractivity contribution in [2.45, 2.75) is 170 Å². The van der Waals surface area contributed by atoms with Crippen LogP contribution in [0, 0.1) is 35.5 Å². The van der Waals surface area contributed by atoms with Crippen molar-refractivity contribution in [1.82, 2.24) is 38.7 Å². The van der Waals surface area contributed by atoms with Gasteiger partial charge in [0, 0.05) is 130 Å². The van der Waals surface area contributed by atoms with E-state index in [0.29, 0.717) is 90.4 Å². The number of carbonyl (C=O) groups excluding carboxylic acids is 5. The summed E-state index contributed by atoms with van der Waals surface area (Å²) in [5.41, 5.74) is 12.9. The summed E-state index contributed by atoms with van der Waals surface area (Å²) >= 11 is 0. The molecule has 0 radical (unpaired) electrons. The number of likely N-dealkylation sites (N-methyl/N-ethyl adjacent to an activating group) is 1. The minimum Gasteiger partial charge on any atom is -0.392 e. The monoisotopic (exact) mass is 1460 g/mol. The zero-order chi connectivity index (χ0) is 73.9. The van der Waals surface area contributed by atoms with Gasteiger partial charge in [-0.25, -0.2) is 24.8 Å². The second kappa shape index (κ2) is 35.6. The van der Waals surface area contributed by atoms with Crippen LogP contribution in [0.4, 0.5) is 0 Å². The van der Waals surface area contributed by atoms with Gasteiger partial charge in [0.2, 0.25) is 31.9 Å². The maximum absolute atomic E-state index is 13.4. The highest BCUT2D eigenvalue weighted by molar-refractivity contribution is 7.90. The zero-order valence-electron chi connectivity index (χ0n) is 62.1. The minimum absolute atomic E-state index is 0.000424. The van der Waals surface area contributed by atoms with E-state index < -0.39 is 32.3 Å². The van der Waals surface area contributed by atoms with Crippen molar-refractivity contribution in [2.24, 2.45) is 42.6 Å². The van der Waals surface area contributed by atoms with Gasteiger partial charge < -0.3 is 59.9 Å². The standard InChI is InChI=1S/2C27H39N3O6S.C24H34N2O3/c1-4-29(18-26(31)28-12-15-35-3)27(32)21-7-9-25-23(17-21)22-16-20(19-10-13-36-14-11-19)6-8-24(22)30(25)37(33,34)5-2;1-4-18-12-21(27(33)29-16-25(32)28-15-17(3)31)14-23-22-13-20(19-8-10-36-11-9-19)6-7-24(22)30(26(18)23)37(34,35)5-2;1-4-16-11-19(24(28)25-14-15(2)27)13-21-20-12-18(17-7-9-29-10-8-17)5-6-22(20)26(3)23(16)21/h7,9,17,19-20H,4-6,8,10-16,18H2,1-3H3,(H,28,31);12,14,17,19-20,31H,4-11,13,15-16H2,1-3H3,(H,28,32)(H,29,33);11,13,15,17-18,27H,4-10,12,14H2,1-3H3,(H,25,28). The number of aromatic nitrogens is 3. The first kappa shape index (κ1) is 78.9. The lowest BCUT2D eigenvalue weighted by Gasteiger charge is -2.33. The summed E-state index contributed by atoms with van der Waals surface area (Å²) < 4.78 is 80.0. The average molecular weight is 1470 g/mol. The third-order valence-corrected chi connectivity index (χ3v) is 25.9. The number of aryl methyl sites for hydroxylation is 3. The number of hydrogen-bond donors (Lipinski definition) is 6. The Bertz CT molecular complexity index is 4230. The van der Waals surface area contributed by atoms with E-state index in [1.54, 1.807) is 63.0 Å². The van der Waals surface area contributed by atoms with Gasteiger partial charge in [-0.1, -0.05) is 13.8 Å². The maximum Gasteiger partial charge on any atom is 0.254 e. The van der Waals surface area contributed by atoms with Crippen molar-refractivity contribution >= 4 is 82.3 Å². The fourth-order valence-electron chi connectivity index (χ4n) is 16.9. The summed E-state index contributed by atoms with van der Waals surface area (Å²) in [6.45, 7) is 18.7. The molecule has 3 aliphatic heterocycles. The van der Waals surface area contributed by atoms with E-state index in [1.807, 2.05) is 26.0 Å². The summed E-state index contributed by atoms with van der Waals surface area (Å²) in [5.74, 6) is 2.18. The molecule has 6 N–H and O–H groups in total. The van der Waals surface area contributed by atoms with Gasteiger partial charge in [0.1, 0.15) is 0 Å². The Morgan fingerprint density at radius 2 is 0.990 bits per heavy atom. The van der Waals surface area contributed by atoms with Gasteiger partial charge in [0.05, 0.1) is 60.0 Å². The number of hydrogen-bond acceptors (Lipinski definition) is 15. The molecule has 566 valence electrons. The molecule has 0 spiro atoms. The number of nitrogens with one attached hydrogen (secondary N) is 4. The molecule has 0 saturated carbocycles. The van der Waals surface area contributed by atoms with Crippen LogP contribution in [-0.4, -0.2) is 190 Å². The van der Waals surface area contributed by atoms with Crippen LogP contribution in [0.3, 0.4) is 0 Å². The molecule has 5 unspecified atom stereocenters. The number of ether oxygens (including phenoxy) is 4. The highest BCUT2D eigenvalue weighted by Gasteiger charge is 2.38. The maximum atomic E-state index is 13.4. The van der Waals surface area contributed by atoms with Crippen LogP contribution in [0.25, 0.3) is 32.7 Å². The molecular weight excluding hydrogens is 1350 g/mol. The summed E-state index contributed by atoms with van der Waals surface area (Å²) in [4.78, 5) is 65.0. The van der Waals surface area contributed by atoms with E-state index in [4.69, 9.17) is 18.9 Å². The Balaban J connectivity index is 0.000000167. The van der Waals surface area contributed by atoms with Crippen molar-refractivity contribution < 1.29 is 70.0 Å². The first-order valence-electron chi connectivity index (χ1n) is 37.9. The molecule has 3 saturated heterocycles. The van der Waals surface area contributed by atoms with Crippen LogP contribution in [0.5, 0.6) is 0 Å². The van der Waals surface area contributed by atoms with E-state index in [9.17, 15) is 51.0 Å². The zero-order valence-corrected chi connectivity index (χ0v) is 63.7. The number of nitrogens with zero attached hydrogens (tertiary/aromatic N) is 4. The summed E-state index contributed by atoms with van der Waals surface area (Å²) in [7, 11) is -3.31. The molecule has 5 amide bonds. The molecule has 103 heavy (non-hydrogen) atoms. The average Bonchev–Trinajstić information content (AvgIpc) is 1.59. The highest BCUT2D eigenvalue weighted by atomic mass is 32.2. The lowest BCUT2D eigenvalue weighted by molar-refractivity contribution is -0.122. The Hall–Kier alpha value is -6.71. The van der Waals surface area contributed by atoms with Crippen LogP contribution in [0.2, 0.25) is 0 Å². The second-order valence-electron chi connectivity index (χ2n) is 29.1. The quantitative estimate of drug-likeness (QED) is 0.0312. The third kappa shape index (κ3) is 18.2. The van der Waals surface area contributed by atoms with Crippen LogP contribution < -0.4 is 21.3 Å². The fraction of sp³-hybridized carbons (Fsp3) is 0.628. The fourth-order valence-corrected chi connectivity index (χ4v) is 19.4. The number of aliphatic hydroxyl groups is 2. The van der Waals surface area contributed by atoms with Crippen LogP contribution in [-0.2, 0) is 107 Å². The van der Waals surface area contributed by atoms with Gasteiger partial charge in [-0.3, -0.25) is 24.0 Å². The Kier molecular flexibility index (Phi) is 27.3. The molecule has 3 aromatic carbocycles. The predicted octanol–water partition coefficient (Wildman–Crippen LogP) is 8.14. The topological polar surface area (TPSA) is 297 Å². The molecule has 6 aliphatic rings. The smallest absolute Gasteiger partial charge is 0.254 e. The Morgan fingerprint density at radius 1 is 0.544 bits per heavy atom. The number of benzene rings is 3. The van der Waals surface area contributed by atoms with E-state index in [-0.39, 0.29) is 67.2 Å². The van der Waals surface area contributed by atoms with Gasteiger partial charge in [-0.15, -0.1) is 0 Å². The number of methoxy groups -OCH3 is 1. The number of fused-ring (bicyclic) bond motifs is 9. The van der Waals surface area contributed by atoms with Gasteiger partial charge in [0.15, 0.2) is 0 Å². The second-order valence-corrected chi connectivity index (χ2v) is 33.3. The SMILES string of the molecule is CCN(CC(=O)NCCOC)C(=O)c1ccc2c(c1)c1c(n2S(=O)(=O)CC)CCC(C2CCOCC2)C1.CCc1cc(C(=O)NCC(=O)NCC(C)O)cc2c3c(n(S(=O)(=O)CC)c12)CCC(C1CCOCC1)C3.CCc1cc(C(=O)NCC(C)O)cc2c3c(n(C)c12)CCC(C1CCOCC1)C3.